The maximum atomic E-state index is 2.88. The highest BCUT2D eigenvalue weighted by Crippen LogP contribution is 1.98. The molecule has 1 aliphatic heterocycles. The lowest BCUT2D eigenvalue weighted by Gasteiger charge is -1.92. The van der Waals surface area contributed by atoms with Crippen molar-refractivity contribution in [2.45, 2.75) is 0 Å². The Morgan fingerprint density at radius 3 is 2.83 bits per heavy atom. The standard InChI is InChI=1S/C4H4NS/c1-2-4-6-5-3-1/h2-5H. The number of allylic oxidation sites excluding steroid dienone is 2. The molecule has 1 radical (unpaired) electrons. The number of nitrogens with one attached hydrogen (secondary N) is 1. The Balaban J connectivity index is 2.46. The molecule has 1 rings (SSSR count). The van der Waals surface area contributed by atoms with Gasteiger partial charge in [0.15, 0.2) is 0 Å². The molecule has 1 aliphatic rings. The zero-order valence-electron chi connectivity index (χ0n) is 3.14. The zero-order valence-corrected chi connectivity index (χ0v) is 3.96. The van der Waals surface area contributed by atoms with Gasteiger partial charge in [-0.2, -0.15) is 0 Å². The molecule has 1 heterocycles. The van der Waals surface area contributed by atoms with Gasteiger partial charge < -0.3 is 4.72 Å². The van der Waals surface area contributed by atoms with Crippen molar-refractivity contribution < 1.29 is 0 Å². The molecule has 0 atom stereocenters. The molecule has 1 nitrogen and oxygen atoms in total. The molecule has 0 bridgehead atoms. The van der Waals surface area contributed by atoms with E-state index in [-0.39, 0.29) is 0 Å². The van der Waals surface area contributed by atoms with Crippen LogP contribution >= 0.6 is 11.9 Å². The first-order valence-corrected chi connectivity index (χ1v) is 2.52. The highest BCUT2D eigenvalue weighted by Gasteiger charge is 1.75. The minimum Gasteiger partial charge on any atom is -0.332 e. The topological polar surface area (TPSA) is 12.0 Å². The van der Waals surface area contributed by atoms with E-state index < -0.39 is 0 Å². The molecule has 6 heavy (non-hydrogen) atoms. The van der Waals surface area contributed by atoms with Crippen LogP contribution in [0.1, 0.15) is 0 Å². The fraction of sp³-hybridized carbons (Fsp3) is 0. The number of hydrogen-bond acceptors (Lipinski definition) is 2. The third kappa shape index (κ3) is 0.792. The Hall–Kier alpha value is -0.370. The lowest BCUT2D eigenvalue weighted by molar-refractivity contribution is 1.40. The second-order valence-corrected chi connectivity index (χ2v) is 1.59. The first-order valence-electron chi connectivity index (χ1n) is 1.64. The van der Waals surface area contributed by atoms with Crippen molar-refractivity contribution in [3.05, 3.63) is 23.8 Å². The molecule has 0 amide bonds. The number of rotatable bonds is 0. The molecule has 0 saturated heterocycles. The van der Waals surface area contributed by atoms with Crippen LogP contribution in [0.5, 0.6) is 0 Å². The van der Waals surface area contributed by atoms with Gasteiger partial charge in [0.1, 0.15) is 0 Å². The van der Waals surface area contributed by atoms with Gasteiger partial charge in [0, 0.05) is 12.3 Å². The predicted octanol–water partition coefficient (Wildman–Crippen LogP) is 1.07. The highest BCUT2D eigenvalue weighted by molar-refractivity contribution is 8.00. The maximum Gasteiger partial charge on any atom is 0.0155 e. The first-order chi connectivity index (χ1) is 3.00. The highest BCUT2D eigenvalue weighted by atomic mass is 32.2. The van der Waals surface area contributed by atoms with Crippen molar-refractivity contribution in [1.29, 1.82) is 0 Å². The van der Waals surface area contributed by atoms with Crippen LogP contribution in [0.3, 0.4) is 0 Å². The molecule has 0 spiro atoms. The summed E-state index contributed by atoms with van der Waals surface area (Å²) in [6, 6.07) is 0. The summed E-state index contributed by atoms with van der Waals surface area (Å²) in [5.41, 5.74) is 0. The molecule has 0 saturated carbocycles. The summed E-state index contributed by atoms with van der Waals surface area (Å²) >= 11 is 1.55. The molecule has 31 valence electrons. The van der Waals surface area contributed by atoms with E-state index in [0.29, 0.717) is 0 Å². The van der Waals surface area contributed by atoms with Gasteiger partial charge in [-0.05, 0) is 23.4 Å². The van der Waals surface area contributed by atoms with Gasteiger partial charge in [-0.1, -0.05) is 0 Å². The Morgan fingerprint density at radius 2 is 2.67 bits per heavy atom. The van der Waals surface area contributed by atoms with Gasteiger partial charge in [0.2, 0.25) is 0 Å². The van der Waals surface area contributed by atoms with Crippen molar-refractivity contribution in [2.24, 2.45) is 0 Å². The zero-order chi connectivity index (χ0) is 4.24. The summed E-state index contributed by atoms with van der Waals surface area (Å²) in [6.07, 6.45) is 6.48. The Morgan fingerprint density at radius 1 is 1.67 bits per heavy atom. The van der Waals surface area contributed by atoms with E-state index in [9.17, 15) is 0 Å². The van der Waals surface area contributed by atoms with Crippen molar-refractivity contribution in [1.82, 2.24) is 4.72 Å². The van der Waals surface area contributed by atoms with Gasteiger partial charge in [0.25, 0.3) is 0 Å². The van der Waals surface area contributed by atoms with E-state index in [0.717, 1.165) is 0 Å². The monoisotopic (exact) mass is 98.0 g/mol. The molecule has 0 fully saturated rings. The molecule has 2 heteroatoms. The molecule has 0 aromatic carbocycles. The molecular formula is C4H4NS. The predicted molar refractivity (Wildman–Crippen MR) is 27.7 cm³/mol. The fourth-order valence-electron chi connectivity index (χ4n) is 0.229. The van der Waals surface area contributed by atoms with E-state index in [4.69, 9.17) is 0 Å². The maximum absolute atomic E-state index is 2.88. The van der Waals surface area contributed by atoms with Gasteiger partial charge >= 0.3 is 0 Å². The molecular weight excluding hydrogens is 94.1 g/mol. The number of hydrogen-bond donors (Lipinski definition) is 1. The van der Waals surface area contributed by atoms with E-state index in [1.807, 2.05) is 11.5 Å². The van der Waals surface area contributed by atoms with Crippen LogP contribution in [0.4, 0.5) is 0 Å². The second-order valence-electron chi connectivity index (χ2n) is 0.849. The summed E-state index contributed by atoms with van der Waals surface area (Å²) in [6.45, 7) is 0. The van der Waals surface area contributed by atoms with Gasteiger partial charge in [-0.3, -0.25) is 0 Å². The quantitative estimate of drug-likeness (QED) is 0.455. The van der Waals surface area contributed by atoms with Crippen molar-refractivity contribution in [3.63, 3.8) is 0 Å². The lowest BCUT2D eigenvalue weighted by atomic mass is 10.6. The average molecular weight is 98.1 g/mol. The van der Waals surface area contributed by atoms with Crippen LogP contribution in [-0.2, 0) is 0 Å². The van der Waals surface area contributed by atoms with E-state index in [1.54, 1.807) is 18.1 Å². The molecule has 0 unspecified atom stereocenters. The van der Waals surface area contributed by atoms with Crippen LogP contribution in [0.2, 0.25) is 0 Å². The Labute approximate surface area is 41.3 Å². The average Bonchev–Trinajstić information content (AvgIpc) is 1.72. The van der Waals surface area contributed by atoms with Crippen LogP contribution in [-0.4, -0.2) is 0 Å². The van der Waals surface area contributed by atoms with Crippen LogP contribution in [0, 0.1) is 6.08 Å². The third-order valence-corrected chi connectivity index (χ3v) is 0.969. The molecule has 0 aromatic rings. The summed E-state index contributed by atoms with van der Waals surface area (Å²) < 4.78 is 2.88. The van der Waals surface area contributed by atoms with E-state index in [2.05, 4.69) is 10.8 Å². The normalized spacial score (nSPS) is 17.3. The molecule has 0 aromatic heterocycles. The minimum atomic E-state index is 1.55. The second kappa shape index (κ2) is 1.92. The Kier molecular flexibility index (Phi) is 1.22. The van der Waals surface area contributed by atoms with Crippen LogP contribution in [0.25, 0.3) is 0 Å². The van der Waals surface area contributed by atoms with Crippen LogP contribution < -0.4 is 4.72 Å². The van der Waals surface area contributed by atoms with Gasteiger partial charge in [-0.15, -0.1) is 0 Å². The largest absolute Gasteiger partial charge is 0.332 e. The van der Waals surface area contributed by atoms with Crippen molar-refractivity contribution >= 4 is 11.9 Å². The van der Waals surface area contributed by atoms with E-state index >= 15 is 0 Å². The third-order valence-electron chi connectivity index (χ3n) is 0.443. The minimum absolute atomic E-state index is 1.55. The molecule has 0 aliphatic carbocycles. The van der Waals surface area contributed by atoms with Crippen molar-refractivity contribution in [2.75, 3.05) is 0 Å². The van der Waals surface area contributed by atoms with Gasteiger partial charge in [-0.25, -0.2) is 0 Å². The van der Waals surface area contributed by atoms with E-state index in [1.165, 1.54) is 0 Å². The van der Waals surface area contributed by atoms with Crippen molar-refractivity contribution in [3.8, 4) is 0 Å². The lowest BCUT2D eigenvalue weighted by Crippen LogP contribution is -1.88. The fourth-order valence-corrected chi connectivity index (χ4v) is 0.590. The van der Waals surface area contributed by atoms with Crippen LogP contribution in [0.15, 0.2) is 17.7 Å². The van der Waals surface area contributed by atoms with Gasteiger partial charge in [0.05, 0.1) is 0 Å². The Bertz CT molecular complexity index is 73.5. The smallest absolute Gasteiger partial charge is 0.0155 e. The SMILES string of the molecule is [C]1=CNSC=C1. The summed E-state index contributed by atoms with van der Waals surface area (Å²) in [5, 5.41) is 1.93. The molecule has 1 N–H and O–H groups in total. The first kappa shape index (κ1) is 3.81. The summed E-state index contributed by atoms with van der Waals surface area (Å²) in [4.78, 5) is 0. The summed E-state index contributed by atoms with van der Waals surface area (Å²) in [7, 11) is 0. The summed E-state index contributed by atoms with van der Waals surface area (Å²) in [5.74, 6) is 0.